The Morgan fingerprint density at radius 1 is 1.14 bits per heavy atom. The largest absolute Gasteiger partial charge is 0.459 e. The molecule has 36 heavy (non-hydrogen) atoms. The highest BCUT2D eigenvalue weighted by atomic mass is 32.2. The maximum Gasteiger partial charge on any atom is 0.242 e. The number of hydrogen-bond acceptors (Lipinski definition) is 6. The average Bonchev–Trinajstić information content (AvgIpc) is 3.13. The van der Waals surface area contributed by atoms with Crippen molar-refractivity contribution < 1.29 is 27.0 Å². The van der Waals surface area contributed by atoms with Crippen molar-refractivity contribution in [2.45, 2.75) is 64.6 Å². The lowest BCUT2D eigenvalue weighted by Crippen LogP contribution is -2.55. The van der Waals surface area contributed by atoms with Crippen LogP contribution in [0.15, 0.2) is 54.4 Å². The number of nitrogens with one attached hydrogen (secondary N) is 2. The molecule has 2 aromatic rings. The Morgan fingerprint density at radius 3 is 2.42 bits per heavy atom. The van der Waals surface area contributed by atoms with Crippen molar-refractivity contribution >= 4 is 10.0 Å². The first kappa shape index (κ1) is 28.0. The molecule has 1 unspecified atom stereocenters. The summed E-state index contributed by atoms with van der Waals surface area (Å²) >= 11 is 0. The lowest BCUT2D eigenvalue weighted by molar-refractivity contribution is -0.0261. The van der Waals surface area contributed by atoms with Gasteiger partial charge in [-0.05, 0) is 62.4 Å². The molecule has 0 fully saturated rings. The van der Waals surface area contributed by atoms with E-state index in [1.807, 2.05) is 26.0 Å². The van der Waals surface area contributed by atoms with E-state index >= 15 is 0 Å². The minimum absolute atomic E-state index is 0.0400. The number of sulfonamides is 1. The molecule has 3 atom stereocenters. The van der Waals surface area contributed by atoms with E-state index in [-0.39, 0.29) is 13.0 Å². The highest BCUT2D eigenvalue weighted by Gasteiger charge is 2.37. The SMILES string of the molecule is CCc1cccc(C(C)(C)NC[C@@H](O)[C@H](Cc2cc(F)cc(F)c2)N2C=C(C)OC2NS(C)(=O)=O)c1. The zero-order valence-corrected chi connectivity index (χ0v) is 22.1. The summed E-state index contributed by atoms with van der Waals surface area (Å²) in [5.41, 5.74) is 2.08. The van der Waals surface area contributed by atoms with Crippen molar-refractivity contribution in [1.29, 1.82) is 0 Å². The van der Waals surface area contributed by atoms with E-state index in [2.05, 4.69) is 29.1 Å². The van der Waals surface area contributed by atoms with E-state index in [0.29, 0.717) is 11.3 Å². The van der Waals surface area contributed by atoms with Crippen molar-refractivity contribution in [3.63, 3.8) is 0 Å². The van der Waals surface area contributed by atoms with E-state index in [4.69, 9.17) is 4.74 Å². The van der Waals surface area contributed by atoms with Crippen LogP contribution < -0.4 is 10.0 Å². The summed E-state index contributed by atoms with van der Waals surface area (Å²) in [6.07, 6.45) is 1.37. The summed E-state index contributed by atoms with van der Waals surface area (Å²) < 4.78 is 59.7. The lowest BCUT2D eigenvalue weighted by Gasteiger charge is -2.37. The predicted octanol–water partition coefficient (Wildman–Crippen LogP) is 3.35. The maximum absolute atomic E-state index is 13.9. The smallest absolute Gasteiger partial charge is 0.242 e. The molecule has 198 valence electrons. The number of aliphatic hydroxyl groups excluding tert-OH is 1. The molecular weight excluding hydrogens is 488 g/mol. The van der Waals surface area contributed by atoms with Crippen LogP contribution in [0.3, 0.4) is 0 Å². The maximum atomic E-state index is 13.9. The number of hydrogen-bond donors (Lipinski definition) is 3. The van der Waals surface area contributed by atoms with Crippen LogP contribution in [0.4, 0.5) is 8.78 Å². The fraction of sp³-hybridized carbons (Fsp3) is 0.462. The van der Waals surface area contributed by atoms with Gasteiger partial charge in [-0.1, -0.05) is 31.2 Å². The fourth-order valence-electron chi connectivity index (χ4n) is 4.27. The Hall–Kier alpha value is -2.53. The van der Waals surface area contributed by atoms with Gasteiger partial charge in [0.05, 0.1) is 18.4 Å². The van der Waals surface area contributed by atoms with Gasteiger partial charge in [0.15, 0.2) is 0 Å². The van der Waals surface area contributed by atoms with Crippen LogP contribution >= 0.6 is 0 Å². The van der Waals surface area contributed by atoms with Crippen molar-refractivity contribution in [1.82, 2.24) is 14.9 Å². The minimum atomic E-state index is -3.65. The second-order valence-corrected chi connectivity index (χ2v) is 11.5. The number of aryl methyl sites for hydroxylation is 1. The fourth-order valence-corrected chi connectivity index (χ4v) is 4.81. The molecule has 0 aromatic heterocycles. The van der Waals surface area contributed by atoms with Gasteiger partial charge in [-0.25, -0.2) is 17.2 Å². The van der Waals surface area contributed by atoms with E-state index in [1.54, 1.807) is 13.1 Å². The number of benzene rings is 2. The molecule has 7 nitrogen and oxygen atoms in total. The second-order valence-electron chi connectivity index (χ2n) is 9.72. The van der Waals surface area contributed by atoms with Crippen LogP contribution in [0.2, 0.25) is 0 Å². The molecule has 1 aliphatic heterocycles. The monoisotopic (exact) mass is 523 g/mol. The Balaban J connectivity index is 1.87. The third-order valence-corrected chi connectivity index (χ3v) is 6.85. The van der Waals surface area contributed by atoms with Gasteiger partial charge in [0.2, 0.25) is 16.4 Å². The molecule has 0 saturated carbocycles. The molecule has 0 bridgehead atoms. The van der Waals surface area contributed by atoms with Gasteiger partial charge in [0.25, 0.3) is 0 Å². The number of aliphatic hydroxyl groups is 1. The average molecular weight is 524 g/mol. The summed E-state index contributed by atoms with van der Waals surface area (Å²) in [7, 11) is -3.65. The van der Waals surface area contributed by atoms with Crippen LogP contribution in [0.5, 0.6) is 0 Å². The molecule has 0 saturated heterocycles. The Bertz CT molecular complexity index is 1180. The summed E-state index contributed by atoms with van der Waals surface area (Å²) in [6, 6.07) is 10.6. The van der Waals surface area contributed by atoms with Gasteiger partial charge in [0, 0.05) is 24.4 Å². The van der Waals surface area contributed by atoms with Gasteiger partial charge in [-0.2, -0.15) is 4.72 Å². The van der Waals surface area contributed by atoms with Crippen molar-refractivity contribution in [2.24, 2.45) is 0 Å². The number of rotatable bonds is 11. The quantitative estimate of drug-likeness (QED) is 0.419. The first-order chi connectivity index (χ1) is 16.8. The number of ether oxygens (including phenoxy) is 1. The van der Waals surface area contributed by atoms with Crippen LogP contribution in [0.1, 0.15) is 44.4 Å². The van der Waals surface area contributed by atoms with Crippen molar-refractivity contribution in [2.75, 3.05) is 12.8 Å². The van der Waals surface area contributed by atoms with Crippen molar-refractivity contribution in [3.8, 4) is 0 Å². The molecule has 0 aliphatic carbocycles. The van der Waals surface area contributed by atoms with Crippen LogP contribution in [-0.2, 0) is 33.1 Å². The van der Waals surface area contributed by atoms with E-state index < -0.39 is 45.7 Å². The molecular formula is C26H35F2N3O4S. The van der Waals surface area contributed by atoms with Gasteiger partial charge in [-0.3, -0.25) is 0 Å². The molecule has 3 rings (SSSR count). The standard InChI is InChI=1S/C26H35F2N3O4S/c1-6-18-8-7-9-20(10-18)26(3,4)29-15-24(32)23(13-19-11-21(27)14-22(28)12-19)31-16-17(2)35-25(31)30-36(5,33)34/h7-12,14,16,23-25,29-30,32H,6,13,15H2,1-5H3/t23-,24+,25?/m0/s1. The van der Waals surface area contributed by atoms with Gasteiger partial charge < -0.3 is 20.1 Å². The first-order valence-electron chi connectivity index (χ1n) is 11.8. The normalized spacial score (nSPS) is 18.1. The highest BCUT2D eigenvalue weighted by Crippen LogP contribution is 2.26. The van der Waals surface area contributed by atoms with Gasteiger partial charge in [-0.15, -0.1) is 0 Å². The van der Waals surface area contributed by atoms with Crippen LogP contribution in [0.25, 0.3) is 0 Å². The summed E-state index contributed by atoms with van der Waals surface area (Å²) in [4.78, 5) is 1.54. The minimum Gasteiger partial charge on any atom is -0.459 e. The molecule has 1 aliphatic rings. The molecule has 2 aromatic carbocycles. The zero-order valence-electron chi connectivity index (χ0n) is 21.3. The Morgan fingerprint density at radius 2 is 1.81 bits per heavy atom. The Kier molecular flexibility index (Phi) is 8.76. The number of allylic oxidation sites excluding steroid dienone is 1. The summed E-state index contributed by atoms with van der Waals surface area (Å²) in [5.74, 6) is -1.03. The molecule has 0 amide bonds. The van der Waals surface area contributed by atoms with Crippen molar-refractivity contribution in [3.05, 3.63) is 82.7 Å². The molecule has 0 radical (unpaired) electrons. The topological polar surface area (TPSA) is 90.9 Å². The third-order valence-electron chi connectivity index (χ3n) is 6.22. The third kappa shape index (κ3) is 7.49. The first-order valence-corrected chi connectivity index (χ1v) is 13.7. The molecule has 1 heterocycles. The van der Waals surface area contributed by atoms with Crippen LogP contribution in [0, 0.1) is 11.6 Å². The number of nitrogens with zero attached hydrogens (tertiary/aromatic N) is 1. The zero-order chi connectivity index (χ0) is 26.7. The Labute approximate surface area is 212 Å². The molecule has 0 spiro atoms. The second kappa shape index (κ2) is 11.2. The van der Waals surface area contributed by atoms with E-state index in [0.717, 1.165) is 24.3 Å². The van der Waals surface area contributed by atoms with Gasteiger partial charge in [0.1, 0.15) is 17.4 Å². The van der Waals surface area contributed by atoms with E-state index in [9.17, 15) is 22.3 Å². The predicted molar refractivity (Wildman–Crippen MR) is 135 cm³/mol. The molecule has 3 N–H and O–H groups in total. The van der Waals surface area contributed by atoms with Gasteiger partial charge >= 0.3 is 0 Å². The number of halogens is 2. The highest BCUT2D eigenvalue weighted by molar-refractivity contribution is 7.88. The molecule has 10 heteroatoms. The van der Waals surface area contributed by atoms with Crippen LogP contribution in [-0.4, -0.2) is 49.7 Å². The summed E-state index contributed by atoms with van der Waals surface area (Å²) in [5, 5.41) is 14.7. The lowest BCUT2D eigenvalue weighted by atomic mass is 9.91. The summed E-state index contributed by atoms with van der Waals surface area (Å²) in [6.45, 7) is 7.87. The van der Waals surface area contributed by atoms with E-state index in [1.165, 1.54) is 22.6 Å².